The van der Waals surface area contributed by atoms with Crippen molar-refractivity contribution < 1.29 is 14.3 Å². The SMILES string of the molecule is COc1ccc(C(=O)N[C@@H](c2nnc(SCC(=O)N3CCc4ccccc43)n2C)C(C)C)cc1. The summed E-state index contributed by atoms with van der Waals surface area (Å²) in [7, 11) is 3.45. The van der Waals surface area contributed by atoms with E-state index in [0.717, 1.165) is 12.1 Å². The van der Waals surface area contributed by atoms with Gasteiger partial charge in [0, 0.05) is 24.8 Å². The quantitative estimate of drug-likeness (QED) is 0.496. The van der Waals surface area contributed by atoms with Gasteiger partial charge in [0.2, 0.25) is 5.91 Å². The molecule has 0 fully saturated rings. The smallest absolute Gasteiger partial charge is 0.251 e. The molecule has 2 aromatic carbocycles. The van der Waals surface area contributed by atoms with Crippen LogP contribution in [0, 0.1) is 5.92 Å². The number of para-hydroxylation sites is 1. The van der Waals surface area contributed by atoms with Crippen molar-refractivity contribution in [3.8, 4) is 5.75 Å². The van der Waals surface area contributed by atoms with Gasteiger partial charge in [0.15, 0.2) is 11.0 Å². The van der Waals surface area contributed by atoms with Crippen LogP contribution in [0.2, 0.25) is 0 Å². The number of rotatable bonds is 8. The molecule has 1 atom stereocenters. The normalized spacial score (nSPS) is 13.6. The molecule has 0 spiro atoms. The molecular formula is C25H29N5O3S. The van der Waals surface area contributed by atoms with Gasteiger partial charge in [0.1, 0.15) is 5.75 Å². The Balaban J connectivity index is 1.43. The second-order valence-electron chi connectivity index (χ2n) is 8.54. The fraction of sp³-hybridized carbons (Fsp3) is 0.360. The molecule has 1 aromatic heterocycles. The zero-order valence-corrected chi connectivity index (χ0v) is 20.6. The predicted molar refractivity (Wildman–Crippen MR) is 132 cm³/mol. The first-order chi connectivity index (χ1) is 16.4. The lowest BCUT2D eigenvalue weighted by molar-refractivity contribution is -0.116. The van der Waals surface area contributed by atoms with Gasteiger partial charge in [-0.3, -0.25) is 9.59 Å². The van der Waals surface area contributed by atoms with E-state index in [4.69, 9.17) is 4.74 Å². The summed E-state index contributed by atoms with van der Waals surface area (Å²) in [6, 6.07) is 14.7. The number of carbonyl (C=O) groups is 2. The summed E-state index contributed by atoms with van der Waals surface area (Å²) in [6.07, 6.45) is 0.880. The van der Waals surface area contributed by atoms with Crippen LogP contribution in [0.15, 0.2) is 53.7 Å². The minimum atomic E-state index is -0.331. The van der Waals surface area contributed by atoms with Gasteiger partial charge in [-0.05, 0) is 48.2 Å². The van der Waals surface area contributed by atoms with Gasteiger partial charge in [-0.25, -0.2) is 0 Å². The van der Waals surface area contributed by atoms with Gasteiger partial charge in [0.05, 0.1) is 18.9 Å². The first-order valence-electron chi connectivity index (χ1n) is 11.2. The van der Waals surface area contributed by atoms with E-state index in [9.17, 15) is 9.59 Å². The molecule has 1 N–H and O–H groups in total. The Kier molecular flexibility index (Phi) is 7.21. The third kappa shape index (κ3) is 4.94. The molecule has 1 aliphatic rings. The van der Waals surface area contributed by atoms with Crippen molar-refractivity contribution in [3.05, 3.63) is 65.5 Å². The molecule has 1 aliphatic heterocycles. The van der Waals surface area contributed by atoms with Crippen molar-refractivity contribution in [1.82, 2.24) is 20.1 Å². The Hall–Kier alpha value is -3.33. The number of amides is 2. The average Bonchev–Trinajstić information content (AvgIpc) is 3.44. The molecule has 9 heteroatoms. The zero-order chi connectivity index (χ0) is 24.2. The molecule has 0 saturated heterocycles. The van der Waals surface area contributed by atoms with Crippen LogP contribution in [0.3, 0.4) is 0 Å². The largest absolute Gasteiger partial charge is 0.497 e. The molecule has 2 heterocycles. The van der Waals surface area contributed by atoms with E-state index in [-0.39, 0.29) is 29.5 Å². The molecule has 178 valence electrons. The Bertz CT molecular complexity index is 1180. The lowest BCUT2D eigenvalue weighted by Crippen LogP contribution is -2.33. The lowest BCUT2D eigenvalue weighted by atomic mass is 10.0. The van der Waals surface area contributed by atoms with E-state index in [1.165, 1.54) is 17.3 Å². The van der Waals surface area contributed by atoms with E-state index in [1.807, 2.05) is 48.6 Å². The molecule has 2 amide bonds. The van der Waals surface area contributed by atoms with Crippen LogP contribution in [-0.2, 0) is 18.3 Å². The van der Waals surface area contributed by atoms with Crippen molar-refractivity contribution in [1.29, 1.82) is 0 Å². The van der Waals surface area contributed by atoms with Crippen molar-refractivity contribution >= 4 is 29.3 Å². The molecule has 0 unspecified atom stereocenters. The highest BCUT2D eigenvalue weighted by molar-refractivity contribution is 7.99. The molecule has 0 bridgehead atoms. The predicted octanol–water partition coefficient (Wildman–Crippen LogP) is 3.63. The summed E-state index contributed by atoms with van der Waals surface area (Å²) >= 11 is 1.36. The Morgan fingerprint density at radius 3 is 2.56 bits per heavy atom. The van der Waals surface area contributed by atoms with Gasteiger partial charge >= 0.3 is 0 Å². The zero-order valence-electron chi connectivity index (χ0n) is 19.8. The topological polar surface area (TPSA) is 89.3 Å². The average molecular weight is 480 g/mol. The summed E-state index contributed by atoms with van der Waals surface area (Å²) in [6.45, 7) is 4.75. The number of methoxy groups -OCH3 is 1. The summed E-state index contributed by atoms with van der Waals surface area (Å²) in [5, 5.41) is 12.4. The fourth-order valence-electron chi connectivity index (χ4n) is 4.02. The van der Waals surface area contributed by atoms with Crippen LogP contribution >= 0.6 is 11.8 Å². The number of benzene rings is 2. The number of hydrogen-bond donors (Lipinski definition) is 1. The third-order valence-electron chi connectivity index (χ3n) is 5.97. The van der Waals surface area contributed by atoms with Crippen molar-refractivity contribution in [2.75, 3.05) is 24.3 Å². The van der Waals surface area contributed by atoms with E-state index >= 15 is 0 Å². The number of ether oxygens (including phenoxy) is 1. The van der Waals surface area contributed by atoms with Crippen LogP contribution in [0.25, 0.3) is 0 Å². The number of nitrogens with one attached hydrogen (secondary N) is 1. The van der Waals surface area contributed by atoms with Gasteiger partial charge < -0.3 is 19.5 Å². The highest BCUT2D eigenvalue weighted by Gasteiger charge is 2.27. The molecule has 0 saturated carbocycles. The molecule has 0 radical (unpaired) electrons. The molecular weight excluding hydrogens is 450 g/mol. The molecule has 3 aromatic rings. The van der Waals surface area contributed by atoms with Gasteiger partial charge in [-0.2, -0.15) is 0 Å². The molecule has 8 nitrogen and oxygen atoms in total. The van der Waals surface area contributed by atoms with Gasteiger partial charge in [-0.15, -0.1) is 10.2 Å². The second kappa shape index (κ2) is 10.3. The van der Waals surface area contributed by atoms with E-state index in [1.54, 1.807) is 31.4 Å². The van der Waals surface area contributed by atoms with Crippen LogP contribution in [-0.4, -0.2) is 46.0 Å². The highest BCUT2D eigenvalue weighted by atomic mass is 32.2. The first-order valence-corrected chi connectivity index (χ1v) is 12.2. The second-order valence-corrected chi connectivity index (χ2v) is 9.48. The summed E-state index contributed by atoms with van der Waals surface area (Å²) in [5.41, 5.74) is 2.74. The Morgan fingerprint density at radius 1 is 1.12 bits per heavy atom. The monoisotopic (exact) mass is 479 g/mol. The molecule has 0 aliphatic carbocycles. The summed E-state index contributed by atoms with van der Waals surface area (Å²) in [5.74, 6) is 1.56. The maximum Gasteiger partial charge on any atom is 0.251 e. The van der Waals surface area contributed by atoms with Gasteiger partial charge in [0.25, 0.3) is 5.91 Å². The maximum absolute atomic E-state index is 12.9. The Morgan fingerprint density at radius 2 is 1.85 bits per heavy atom. The highest BCUT2D eigenvalue weighted by Crippen LogP contribution is 2.29. The number of anilines is 1. The van der Waals surface area contributed by atoms with Gasteiger partial charge in [-0.1, -0.05) is 43.8 Å². The third-order valence-corrected chi connectivity index (χ3v) is 6.97. The van der Waals surface area contributed by atoms with Crippen molar-refractivity contribution in [2.45, 2.75) is 31.5 Å². The number of nitrogens with zero attached hydrogens (tertiary/aromatic N) is 4. The van der Waals surface area contributed by atoms with Crippen LogP contribution in [0.1, 0.15) is 41.6 Å². The summed E-state index contributed by atoms with van der Waals surface area (Å²) < 4.78 is 7.02. The maximum atomic E-state index is 12.9. The standard InChI is InChI=1S/C25H29N5O3S/c1-16(2)22(26-24(32)18-9-11-19(33-4)12-10-18)23-27-28-25(29(23)3)34-15-21(31)30-14-13-17-7-5-6-8-20(17)30/h5-12,16,22H,13-15H2,1-4H3,(H,26,32)/t22-/m1/s1. The van der Waals surface area contributed by atoms with Crippen LogP contribution in [0.4, 0.5) is 5.69 Å². The van der Waals surface area contributed by atoms with Crippen LogP contribution < -0.4 is 15.0 Å². The number of carbonyl (C=O) groups excluding carboxylic acids is 2. The number of aromatic nitrogens is 3. The minimum absolute atomic E-state index is 0.0488. The minimum Gasteiger partial charge on any atom is -0.497 e. The number of thioether (sulfide) groups is 1. The van der Waals surface area contributed by atoms with Crippen LogP contribution in [0.5, 0.6) is 5.75 Å². The fourth-order valence-corrected chi connectivity index (χ4v) is 4.81. The lowest BCUT2D eigenvalue weighted by Gasteiger charge is -2.22. The number of hydrogen-bond acceptors (Lipinski definition) is 6. The van der Waals surface area contributed by atoms with Crippen molar-refractivity contribution in [3.63, 3.8) is 0 Å². The number of fused-ring (bicyclic) bond motifs is 1. The van der Waals surface area contributed by atoms with Crippen molar-refractivity contribution in [2.24, 2.45) is 13.0 Å². The molecule has 34 heavy (non-hydrogen) atoms. The first kappa shape index (κ1) is 23.8. The Labute approximate surface area is 203 Å². The molecule has 4 rings (SSSR count). The van der Waals surface area contributed by atoms with E-state index < -0.39 is 0 Å². The summed E-state index contributed by atoms with van der Waals surface area (Å²) in [4.78, 5) is 27.6. The van der Waals surface area contributed by atoms with E-state index in [0.29, 0.717) is 28.8 Å². The van der Waals surface area contributed by atoms with E-state index in [2.05, 4.69) is 21.6 Å².